The second-order valence-corrected chi connectivity index (χ2v) is 8.46. The number of esters is 1. The van der Waals surface area contributed by atoms with Gasteiger partial charge in [0.1, 0.15) is 5.82 Å². The van der Waals surface area contributed by atoms with E-state index in [0.717, 1.165) is 34.9 Å². The van der Waals surface area contributed by atoms with E-state index in [9.17, 15) is 14.0 Å². The molecule has 1 aliphatic rings. The van der Waals surface area contributed by atoms with Crippen molar-refractivity contribution in [2.75, 3.05) is 19.7 Å². The van der Waals surface area contributed by atoms with E-state index in [1.54, 1.807) is 17.9 Å². The van der Waals surface area contributed by atoms with E-state index in [1.807, 2.05) is 48.1 Å². The Labute approximate surface area is 187 Å². The predicted octanol–water partition coefficient (Wildman–Crippen LogP) is 4.64. The lowest BCUT2D eigenvalue weighted by Gasteiger charge is -2.32. The molecule has 0 bridgehead atoms. The predicted molar refractivity (Wildman–Crippen MR) is 122 cm³/mol. The van der Waals surface area contributed by atoms with Crippen LogP contribution in [0.2, 0.25) is 0 Å². The summed E-state index contributed by atoms with van der Waals surface area (Å²) < 4.78 is 21.3. The van der Waals surface area contributed by atoms with E-state index < -0.39 is 0 Å². The third-order valence-corrected chi connectivity index (χ3v) is 6.33. The lowest BCUT2D eigenvalue weighted by Crippen LogP contribution is -2.43. The molecule has 4 rings (SSSR count). The van der Waals surface area contributed by atoms with Gasteiger partial charge in [0.15, 0.2) is 0 Å². The highest BCUT2D eigenvalue weighted by Crippen LogP contribution is 2.35. The number of nitrogens with zero attached hydrogens (tertiary/aromatic N) is 2. The number of benzene rings is 2. The molecule has 2 atom stereocenters. The van der Waals surface area contributed by atoms with E-state index in [2.05, 4.69) is 0 Å². The smallest absolute Gasteiger partial charge is 0.310 e. The molecule has 0 radical (unpaired) electrons. The fourth-order valence-corrected chi connectivity index (χ4v) is 4.74. The van der Waals surface area contributed by atoms with Crippen LogP contribution in [0.5, 0.6) is 0 Å². The number of rotatable bonds is 6. The molecule has 0 saturated carbocycles. The molecular weight excluding hydrogens is 407 g/mol. The van der Waals surface area contributed by atoms with Crippen molar-refractivity contribution in [1.82, 2.24) is 9.47 Å². The lowest BCUT2D eigenvalue weighted by molar-refractivity contribution is -0.151. The largest absolute Gasteiger partial charge is 0.466 e. The number of piperidine rings is 1. The van der Waals surface area contributed by atoms with Crippen molar-refractivity contribution in [1.29, 1.82) is 0 Å². The second-order valence-electron chi connectivity index (χ2n) is 8.46. The topological polar surface area (TPSA) is 51.5 Å². The summed E-state index contributed by atoms with van der Waals surface area (Å²) in [6.07, 6.45) is 3.76. The van der Waals surface area contributed by atoms with Crippen molar-refractivity contribution in [3.05, 3.63) is 71.7 Å². The van der Waals surface area contributed by atoms with Gasteiger partial charge in [-0.15, -0.1) is 0 Å². The molecule has 168 valence electrons. The number of ether oxygens (including phenoxy) is 1. The Hall–Kier alpha value is -3.15. The minimum atomic E-state index is -0.319. The number of halogens is 1. The average molecular weight is 437 g/mol. The van der Waals surface area contributed by atoms with E-state index in [-0.39, 0.29) is 36.0 Å². The monoisotopic (exact) mass is 436 g/mol. The van der Waals surface area contributed by atoms with E-state index >= 15 is 0 Å². The summed E-state index contributed by atoms with van der Waals surface area (Å²) in [5, 5.41) is 1.06. The van der Waals surface area contributed by atoms with Gasteiger partial charge in [0, 0.05) is 49.6 Å². The fraction of sp³-hybridized carbons (Fsp3) is 0.385. The van der Waals surface area contributed by atoms with E-state index in [1.165, 1.54) is 12.1 Å². The highest BCUT2D eigenvalue weighted by atomic mass is 19.1. The molecule has 1 saturated heterocycles. The number of carbonyl (C=O) groups is 2. The maximum atomic E-state index is 14.1. The molecule has 32 heavy (non-hydrogen) atoms. The Bertz CT molecular complexity index is 1120. The van der Waals surface area contributed by atoms with Gasteiger partial charge >= 0.3 is 5.97 Å². The van der Waals surface area contributed by atoms with Crippen molar-refractivity contribution < 1.29 is 18.7 Å². The standard InChI is InChI=1S/C26H29FN2O3/c1-3-32-26(31)19-9-7-13-29(16-19)25(30)15-22(18-8-6-10-20(27)14-18)23-17-28(2)24-12-5-4-11-21(23)24/h4-6,8,10-12,14,17,19,22H,3,7,9,13,15-16H2,1-2H3/t19-,22+/m1/s1. The Morgan fingerprint density at radius 2 is 2.00 bits per heavy atom. The van der Waals surface area contributed by atoms with Crippen LogP contribution in [0.1, 0.15) is 43.2 Å². The summed E-state index contributed by atoms with van der Waals surface area (Å²) in [6.45, 7) is 3.13. The van der Waals surface area contributed by atoms with Gasteiger partial charge in [-0.2, -0.15) is 0 Å². The van der Waals surface area contributed by atoms with Gasteiger partial charge < -0.3 is 14.2 Å². The van der Waals surface area contributed by atoms with Gasteiger partial charge in [-0.3, -0.25) is 9.59 Å². The molecule has 1 amide bonds. The van der Waals surface area contributed by atoms with Crippen LogP contribution in [0, 0.1) is 11.7 Å². The SMILES string of the molecule is CCOC(=O)[C@@H]1CCCN(C(=O)C[C@@H](c2cccc(F)c2)c2cn(C)c3ccccc23)C1. The van der Waals surface area contributed by atoms with E-state index in [4.69, 9.17) is 4.74 Å². The van der Waals surface area contributed by atoms with E-state index in [0.29, 0.717) is 19.7 Å². The molecule has 2 heterocycles. The molecule has 1 fully saturated rings. The molecular formula is C26H29FN2O3. The number of para-hydroxylation sites is 1. The molecule has 3 aromatic rings. The number of aryl methyl sites for hydroxylation is 1. The minimum Gasteiger partial charge on any atom is -0.466 e. The Morgan fingerprint density at radius 3 is 2.78 bits per heavy atom. The van der Waals surface area contributed by atoms with Crippen LogP contribution < -0.4 is 0 Å². The summed E-state index contributed by atoms with van der Waals surface area (Å²) in [5.74, 6) is -1.15. The number of aromatic nitrogens is 1. The van der Waals surface area contributed by atoms with Gasteiger partial charge in [0.2, 0.25) is 5.91 Å². The molecule has 5 nitrogen and oxygen atoms in total. The molecule has 0 unspecified atom stereocenters. The van der Waals surface area contributed by atoms with Crippen molar-refractivity contribution in [3.8, 4) is 0 Å². The normalized spacial score (nSPS) is 17.3. The highest BCUT2D eigenvalue weighted by molar-refractivity contribution is 5.87. The van der Waals surface area contributed by atoms with Crippen LogP contribution in [0.3, 0.4) is 0 Å². The number of likely N-dealkylation sites (tertiary alicyclic amines) is 1. The molecule has 0 aliphatic carbocycles. The first kappa shape index (κ1) is 22.1. The summed E-state index contributed by atoms with van der Waals surface area (Å²) >= 11 is 0. The van der Waals surface area contributed by atoms with Crippen LogP contribution in [0.4, 0.5) is 4.39 Å². The maximum absolute atomic E-state index is 14.1. The Morgan fingerprint density at radius 1 is 1.19 bits per heavy atom. The third kappa shape index (κ3) is 4.54. The fourth-order valence-electron chi connectivity index (χ4n) is 4.74. The number of hydrogen-bond donors (Lipinski definition) is 0. The quantitative estimate of drug-likeness (QED) is 0.529. The molecule has 1 aliphatic heterocycles. The van der Waals surface area contributed by atoms with Crippen LogP contribution in [-0.2, 0) is 21.4 Å². The van der Waals surface area contributed by atoms with Crippen LogP contribution in [0.15, 0.2) is 54.7 Å². The third-order valence-electron chi connectivity index (χ3n) is 6.33. The number of amides is 1. The first-order chi connectivity index (χ1) is 15.5. The number of carbonyl (C=O) groups excluding carboxylic acids is 2. The molecule has 0 N–H and O–H groups in total. The van der Waals surface area contributed by atoms with Crippen molar-refractivity contribution in [2.45, 2.75) is 32.1 Å². The van der Waals surface area contributed by atoms with Gasteiger partial charge in [0.25, 0.3) is 0 Å². The van der Waals surface area contributed by atoms with Crippen molar-refractivity contribution in [2.24, 2.45) is 13.0 Å². The minimum absolute atomic E-state index is 0.0267. The Kier molecular flexibility index (Phi) is 6.58. The van der Waals surface area contributed by atoms with Crippen molar-refractivity contribution in [3.63, 3.8) is 0 Å². The van der Waals surface area contributed by atoms with Crippen LogP contribution >= 0.6 is 0 Å². The zero-order valence-electron chi connectivity index (χ0n) is 18.6. The maximum Gasteiger partial charge on any atom is 0.310 e. The van der Waals surface area contributed by atoms with Crippen molar-refractivity contribution >= 4 is 22.8 Å². The molecule has 0 spiro atoms. The zero-order chi connectivity index (χ0) is 22.7. The van der Waals surface area contributed by atoms with Gasteiger partial charge in [-0.1, -0.05) is 30.3 Å². The van der Waals surface area contributed by atoms with Gasteiger partial charge in [0.05, 0.1) is 12.5 Å². The zero-order valence-corrected chi connectivity index (χ0v) is 18.6. The summed E-state index contributed by atoms with van der Waals surface area (Å²) in [6, 6.07) is 14.5. The first-order valence-corrected chi connectivity index (χ1v) is 11.2. The lowest BCUT2D eigenvalue weighted by atomic mass is 9.87. The van der Waals surface area contributed by atoms with Crippen LogP contribution in [0.25, 0.3) is 10.9 Å². The molecule has 2 aromatic carbocycles. The average Bonchev–Trinajstić information content (AvgIpc) is 3.14. The van der Waals surface area contributed by atoms with Gasteiger partial charge in [-0.05, 0) is 49.1 Å². The molecule has 1 aromatic heterocycles. The molecule has 6 heteroatoms. The van der Waals surface area contributed by atoms with Gasteiger partial charge in [-0.25, -0.2) is 4.39 Å². The second kappa shape index (κ2) is 9.55. The number of fused-ring (bicyclic) bond motifs is 1. The van der Waals surface area contributed by atoms with Crippen LogP contribution in [-0.4, -0.2) is 41.0 Å². The summed E-state index contributed by atoms with van der Waals surface area (Å²) in [5.41, 5.74) is 2.84. The number of hydrogen-bond acceptors (Lipinski definition) is 3. The Balaban J connectivity index is 1.64. The first-order valence-electron chi connectivity index (χ1n) is 11.2. The summed E-state index contributed by atoms with van der Waals surface area (Å²) in [4.78, 5) is 27.4. The summed E-state index contributed by atoms with van der Waals surface area (Å²) in [7, 11) is 1.98. The highest BCUT2D eigenvalue weighted by Gasteiger charge is 2.31.